The van der Waals surface area contributed by atoms with Crippen molar-refractivity contribution in [3.05, 3.63) is 46.2 Å². The van der Waals surface area contributed by atoms with Crippen molar-refractivity contribution < 1.29 is 23.5 Å². The number of aromatic nitrogens is 1. The molecule has 2 aromatic rings. The van der Waals surface area contributed by atoms with Crippen LogP contribution in [0.2, 0.25) is 0 Å². The first-order chi connectivity index (χ1) is 11.4. The molecule has 0 unspecified atom stereocenters. The van der Waals surface area contributed by atoms with Crippen molar-refractivity contribution in [3.8, 4) is 0 Å². The third-order valence-electron chi connectivity index (χ3n) is 4.34. The zero-order valence-corrected chi connectivity index (χ0v) is 14.3. The molecule has 0 radical (unpaired) electrons. The Morgan fingerprint density at radius 1 is 1.17 bits per heavy atom. The number of aryl methyl sites for hydroxylation is 2. The van der Waals surface area contributed by atoms with Gasteiger partial charge in [-0.25, -0.2) is 9.59 Å². The Labute approximate surface area is 140 Å². The number of carbonyl (C=O) groups excluding carboxylic acids is 2. The van der Waals surface area contributed by atoms with Crippen LogP contribution in [0.5, 0.6) is 0 Å². The van der Waals surface area contributed by atoms with Crippen LogP contribution in [0.25, 0.3) is 0 Å². The van der Waals surface area contributed by atoms with Crippen LogP contribution in [0.4, 0.5) is 0 Å². The summed E-state index contributed by atoms with van der Waals surface area (Å²) in [5, 5.41) is 0. The molecule has 2 heterocycles. The SMILES string of the molecule is COC(=O)c1cc(COC(=O)c2cc(C)n(C3CC3)c2C)oc1C. The number of nitrogens with zero attached hydrogens (tertiary/aromatic N) is 1. The fourth-order valence-corrected chi connectivity index (χ4v) is 3.02. The number of esters is 2. The lowest BCUT2D eigenvalue weighted by atomic mass is 10.2. The zero-order valence-electron chi connectivity index (χ0n) is 14.3. The zero-order chi connectivity index (χ0) is 17.4. The molecule has 1 saturated carbocycles. The molecule has 0 spiro atoms. The Morgan fingerprint density at radius 2 is 1.88 bits per heavy atom. The standard InChI is InChI=1S/C18H21NO5/c1-10-7-15(11(2)19(10)13-5-6-13)18(21)23-9-14-8-16(12(3)24-14)17(20)22-4/h7-8,13H,5-6,9H2,1-4H3. The van der Waals surface area contributed by atoms with Crippen LogP contribution in [0.1, 0.15) is 62.5 Å². The molecule has 1 fully saturated rings. The van der Waals surface area contributed by atoms with Gasteiger partial charge in [-0.1, -0.05) is 0 Å². The summed E-state index contributed by atoms with van der Waals surface area (Å²) in [6.07, 6.45) is 2.32. The number of carbonyl (C=O) groups is 2. The number of methoxy groups -OCH3 is 1. The summed E-state index contributed by atoms with van der Waals surface area (Å²) >= 11 is 0. The Morgan fingerprint density at radius 3 is 2.50 bits per heavy atom. The van der Waals surface area contributed by atoms with E-state index in [9.17, 15) is 9.59 Å². The topological polar surface area (TPSA) is 70.7 Å². The summed E-state index contributed by atoms with van der Waals surface area (Å²) in [5.41, 5.74) is 2.93. The maximum Gasteiger partial charge on any atom is 0.341 e. The van der Waals surface area contributed by atoms with E-state index < -0.39 is 5.97 Å². The third-order valence-corrected chi connectivity index (χ3v) is 4.34. The maximum atomic E-state index is 12.4. The molecular formula is C18H21NO5. The van der Waals surface area contributed by atoms with Gasteiger partial charge in [-0.2, -0.15) is 0 Å². The average Bonchev–Trinajstić information content (AvgIpc) is 3.24. The predicted octanol–water partition coefficient (Wildman–Crippen LogP) is 3.48. The van der Waals surface area contributed by atoms with Gasteiger partial charge in [0.2, 0.25) is 0 Å². The van der Waals surface area contributed by atoms with E-state index in [0.717, 1.165) is 24.2 Å². The molecule has 24 heavy (non-hydrogen) atoms. The van der Waals surface area contributed by atoms with E-state index in [0.29, 0.717) is 28.7 Å². The molecule has 128 valence electrons. The molecule has 0 aliphatic heterocycles. The predicted molar refractivity (Wildman–Crippen MR) is 86.1 cm³/mol. The highest BCUT2D eigenvalue weighted by atomic mass is 16.5. The maximum absolute atomic E-state index is 12.4. The number of furan rings is 1. The van der Waals surface area contributed by atoms with E-state index >= 15 is 0 Å². The molecule has 1 aliphatic rings. The van der Waals surface area contributed by atoms with Crippen LogP contribution in [0.15, 0.2) is 16.5 Å². The summed E-state index contributed by atoms with van der Waals surface area (Å²) in [7, 11) is 1.31. The lowest BCUT2D eigenvalue weighted by Crippen LogP contribution is -2.07. The van der Waals surface area contributed by atoms with Crippen molar-refractivity contribution in [3.63, 3.8) is 0 Å². The van der Waals surface area contributed by atoms with Crippen LogP contribution in [-0.4, -0.2) is 23.6 Å². The first kappa shape index (κ1) is 16.4. The quantitative estimate of drug-likeness (QED) is 0.784. The van der Waals surface area contributed by atoms with E-state index in [1.54, 1.807) is 13.0 Å². The van der Waals surface area contributed by atoms with Crippen LogP contribution >= 0.6 is 0 Å². The molecule has 0 saturated heterocycles. The molecule has 0 bridgehead atoms. The molecule has 2 aromatic heterocycles. The van der Waals surface area contributed by atoms with Crippen molar-refractivity contribution in [1.82, 2.24) is 4.57 Å². The van der Waals surface area contributed by atoms with E-state index in [1.165, 1.54) is 7.11 Å². The van der Waals surface area contributed by atoms with Crippen LogP contribution in [-0.2, 0) is 16.1 Å². The number of hydrogen-bond donors (Lipinski definition) is 0. The first-order valence-corrected chi connectivity index (χ1v) is 7.95. The van der Waals surface area contributed by atoms with Gasteiger partial charge in [-0.15, -0.1) is 0 Å². The van der Waals surface area contributed by atoms with Gasteiger partial charge in [-0.05, 0) is 45.7 Å². The van der Waals surface area contributed by atoms with Gasteiger partial charge in [0.1, 0.15) is 23.7 Å². The van der Waals surface area contributed by atoms with Crippen LogP contribution in [0, 0.1) is 20.8 Å². The molecule has 6 heteroatoms. The highest BCUT2D eigenvalue weighted by Gasteiger charge is 2.28. The van der Waals surface area contributed by atoms with E-state index in [-0.39, 0.29) is 12.6 Å². The van der Waals surface area contributed by atoms with Gasteiger partial charge >= 0.3 is 11.9 Å². The van der Waals surface area contributed by atoms with Crippen molar-refractivity contribution in [2.75, 3.05) is 7.11 Å². The summed E-state index contributed by atoms with van der Waals surface area (Å²) in [4.78, 5) is 23.9. The van der Waals surface area contributed by atoms with Gasteiger partial charge in [0.15, 0.2) is 0 Å². The lowest BCUT2D eigenvalue weighted by molar-refractivity contribution is 0.0443. The van der Waals surface area contributed by atoms with Crippen LogP contribution < -0.4 is 0 Å². The number of hydrogen-bond acceptors (Lipinski definition) is 5. The molecule has 0 atom stereocenters. The van der Waals surface area contributed by atoms with Crippen LogP contribution in [0.3, 0.4) is 0 Å². The van der Waals surface area contributed by atoms with Crippen molar-refractivity contribution in [2.24, 2.45) is 0 Å². The number of ether oxygens (including phenoxy) is 2. The molecule has 0 aromatic carbocycles. The molecule has 0 amide bonds. The second-order valence-electron chi connectivity index (χ2n) is 6.14. The monoisotopic (exact) mass is 331 g/mol. The third kappa shape index (κ3) is 2.96. The summed E-state index contributed by atoms with van der Waals surface area (Å²) in [6.45, 7) is 5.58. The minimum Gasteiger partial charge on any atom is -0.465 e. The lowest BCUT2D eigenvalue weighted by Gasteiger charge is -2.07. The number of rotatable bonds is 5. The fourth-order valence-electron chi connectivity index (χ4n) is 3.02. The second-order valence-corrected chi connectivity index (χ2v) is 6.14. The second kappa shape index (κ2) is 6.19. The van der Waals surface area contributed by atoms with Gasteiger partial charge in [-0.3, -0.25) is 0 Å². The molecule has 1 aliphatic carbocycles. The van der Waals surface area contributed by atoms with Crippen molar-refractivity contribution >= 4 is 11.9 Å². The Kier molecular flexibility index (Phi) is 4.22. The fraction of sp³-hybridized carbons (Fsp3) is 0.444. The first-order valence-electron chi connectivity index (χ1n) is 7.95. The summed E-state index contributed by atoms with van der Waals surface area (Å²) in [5.74, 6) is 0.00235. The van der Waals surface area contributed by atoms with Gasteiger partial charge in [0.25, 0.3) is 0 Å². The molecule has 6 nitrogen and oxygen atoms in total. The molecule has 3 rings (SSSR count). The van der Waals surface area contributed by atoms with E-state index in [2.05, 4.69) is 9.30 Å². The molecular weight excluding hydrogens is 310 g/mol. The smallest absolute Gasteiger partial charge is 0.341 e. The Hall–Kier alpha value is -2.50. The summed E-state index contributed by atoms with van der Waals surface area (Å²) in [6, 6.07) is 3.92. The highest BCUT2D eigenvalue weighted by Crippen LogP contribution is 2.38. The normalized spacial score (nSPS) is 13.8. The van der Waals surface area contributed by atoms with Crippen molar-refractivity contribution in [2.45, 2.75) is 46.3 Å². The van der Waals surface area contributed by atoms with Gasteiger partial charge < -0.3 is 18.5 Å². The largest absolute Gasteiger partial charge is 0.465 e. The highest BCUT2D eigenvalue weighted by molar-refractivity contribution is 5.91. The Bertz CT molecular complexity index is 795. The van der Waals surface area contributed by atoms with Crippen molar-refractivity contribution in [1.29, 1.82) is 0 Å². The van der Waals surface area contributed by atoms with E-state index in [1.807, 2.05) is 19.9 Å². The van der Waals surface area contributed by atoms with Gasteiger partial charge in [0.05, 0.1) is 12.7 Å². The minimum absolute atomic E-state index is 0.0240. The average molecular weight is 331 g/mol. The summed E-state index contributed by atoms with van der Waals surface area (Å²) < 4.78 is 17.7. The van der Waals surface area contributed by atoms with E-state index in [4.69, 9.17) is 9.15 Å². The molecule has 0 N–H and O–H groups in total. The Balaban J connectivity index is 1.70. The van der Waals surface area contributed by atoms with Gasteiger partial charge in [0, 0.05) is 17.4 Å². The minimum atomic E-state index is -0.471.